The van der Waals surface area contributed by atoms with E-state index in [-0.39, 0.29) is 0 Å². The zero-order valence-electron chi connectivity index (χ0n) is 21.3. The Labute approximate surface area is 230 Å². The number of ether oxygens (including phenoxy) is 2. The molecule has 0 fully saturated rings. The molecule has 0 unspecified atom stereocenters. The Balaban J connectivity index is 1.44. The molecule has 0 aliphatic heterocycles. The van der Waals surface area contributed by atoms with Crippen LogP contribution in [0.25, 0.3) is 34.8 Å². The van der Waals surface area contributed by atoms with Gasteiger partial charge < -0.3 is 9.47 Å². The Bertz CT molecular complexity index is 1390. The topological polar surface area (TPSA) is 18.5 Å². The van der Waals surface area contributed by atoms with E-state index >= 15 is 0 Å². The molecule has 6 heteroatoms. The third kappa shape index (κ3) is 5.28. The zero-order chi connectivity index (χ0) is 25.1. The number of hydrogen-bond donors (Lipinski definition) is 0. The van der Waals surface area contributed by atoms with Crippen LogP contribution in [0, 0.1) is 6.92 Å². The molecular formula is C30H32O2S4. The molecule has 4 aromatic rings. The van der Waals surface area contributed by atoms with E-state index in [1.54, 1.807) is 14.2 Å². The third-order valence-corrected chi connectivity index (χ3v) is 11.5. The van der Waals surface area contributed by atoms with E-state index in [4.69, 9.17) is 9.47 Å². The SMILES string of the molecule is CCCCCCc1cc(C)sc1-c1cc(OC)c(-c2ccc(-c3sc(C4=CC=CC4)cc3OC)s2)s1. The second-order valence-corrected chi connectivity index (χ2v) is 13.5. The van der Waals surface area contributed by atoms with Crippen LogP contribution in [0.4, 0.5) is 0 Å². The van der Waals surface area contributed by atoms with Gasteiger partial charge in [-0.1, -0.05) is 44.4 Å². The molecule has 0 amide bonds. The first-order chi connectivity index (χ1) is 17.6. The average molecular weight is 553 g/mol. The van der Waals surface area contributed by atoms with Crippen LogP contribution in [0.15, 0.2) is 48.6 Å². The minimum absolute atomic E-state index is 0.955. The summed E-state index contributed by atoms with van der Waals surface area (Å²) in [6.45, 7) is 4.50. The molecule has 0 aromatic carbocycles. The molecule has 0 radical (unpaired) electrons. The molecule has 36 heavy (non-hydrogen) atoms. The highest BCUT2D eigenvalue weighted by molar-refractivity contribution is 7.29. The van der Waals surface area contributed by atoms with E-state index in [1.807, 2.05) is 45.3 Å². The van der Waals surface area contributed by atoms with Crippen LogP contribution in [-0.2, 0) is 6.42 Å². The van der Waals surface area contributed by atoms with E-state index in [0.29, 0.717) is 0 Å². The van der Waals surface area contributed by atoms with E-state index in [2.05, 4.69) is 62.4 Å². The number of thiophene rings is 4. The maximum atomic E-state index is 5.88. The molecule has 2 nitrogen and oxygen atoms in total. The van der Waals surface area contributed by atoms with Crippen LogP contribution < -0.4 is 9.47 Å². The fraction of sp³-hybridized carbons (Fsp3) is 0.333. The van der Waals surface area contributed by atoms with Gasteiger partial charge in [-0.15, -0.1) is 45.3 Å². The van der Waals surface area contributed by atoms with Gasteiger partial charge >= 0.3 is 0 Å². The van der Waals surface area contributed by atoms with Crippen molar-refractivity contribution in [3.8, 4) is 40.8 Å². The van der Waals surface area contributed by atoms with Gasteiger partial charge in [-0.2, -0.15) is 0 Å². The minimum atomic E-state index is 0.955. The first-order valence-electron chi connectivity index (χ1n) is 12.5. The van der Waals surface area contributed by atoms with Crippen LogP contribution in [0.5, 0.6) is 11.5 Å². The standard InChI is InChI=1S/C30H32O2S4/c1-5-6-7-8-13-21-16-19(2)33-28(21)27-18-23(32-4)30(36-27)25-15-14-24(34-25)29-22(31-3)17-26(35-29)20-11-9-10-12-20/h9-11,14-18H,5-8,12-13H2,1-4H3. The quantitative estimate of drug-likeness (QED) is 0.172. The lowest BCUT2D eigenvalue weighted by Crippen LogP contribution is -1.85. The number of unbranched alkanes of at least 4 members (excludes halogenated alkanes) is 3. The Morgan fingerprint density at radius 3 is 2.08 bits per heavy atom. The van der Waals surface area contributed by atoms with Gasteiger partial charge in [0.15, 0.2) is 0 Å². The van der Waals surface area contributed by atoms with Crippen molar-refractivity contribution in [2.24, 2.45) is 0 Å². The molecule has 0 N–H and O–H groups in total. The molecule has 0 bridgehead atoms. The number of rotatable bonds is 11. The molecule has 0 saturated carbocycles. The summed E-state index contributed by atoms with van der Waals surface area (Å²) in [6, 6.07) is 11.3. The number of hydrogen-bond acceptors (Lipinski definition) is 6. The molecular weight excluding hydrogens is 521 g/mol. The van der Waals surface area contributed by atoms with Crippen LogP contribution in [0.1, 0.15) is 54.3 Å². The third-order valence-electron chi connectivity index (χ3n) is 6.43. The summed E-state index contributed by atoms with van der Waals surface area (Å²) in [4.78, 5) is 10.3. The maximum Gasteiger partial charge on any atom is 0.138 e. The van der Waals surface area contributed by atoms with Gasteiger partial charge in [0, 0.05) is 35.3 Å². The molecule has 0 atom stereocenters. The van der Waals surface area contributed by atoms with Crippen LogP contribution in [0.3, 0.4) is 0 Å². The van der Waals surface area contributed by atoms with Crippen molar-refractivity contribution in [2.45, 2.75) is 52.4 Å². The molecule has 4 heterocycles. The summed E-state index contributed by atoms with van der Waals surface area (Å²) < 4.78 is 11.7. The van der Waals surface area contributed by atoms with Crippen molar-refractivity contribution in [2.75, 3.05) is 14.2 Å². The number of aryl methyl sites for hydroxylation is 2. The molecule has 0 saturated heterocycles. The lowest BCUT2D eigenvalue weighted by atomic mass is 10.1. The number of methoxy groups -OCH3 is 2. The van der Waals surface area contributed by atoms with Crippen molar-refractivity contribution in [3.05, 3.63) is 63.9 Å². The van der Waals surface area contributed by atoms with E-state index in [1.165, 1.54) is 75.8 Å². The van der Waals surface area contributed by atoms with Gasteiger partial charge in [-0.05, 0) is 61.6 Å². The highest BCUT2D eigenvalue weighted by Gasteiger charge is 2.21. The fourth-order valence-electron chi connectivity index (χ4n) is 4.58. The maximum absolute atomic E-state index is 5.88. The first-order valence-corrected chi connectivity index (χ1v) is 15.8. The number of allylic oxidation sites excluding steroid dienone is 4. The monoisotopic (exact) mass is 552 g/mol. The zero-order valence-corrected chi connectivity index (χ0v) is 24.6. The molecule has 4 aromatic heterocycles. The summed E-state index contributed by atoms with van der Waals surface area (Å²) >= 11 is 7.41. The summed E-state index contributed by atoms with van der Waals surface area (Å²) in [5.74, 6) is 1.92. The van der Waals surface area contributed by atoms with Crippen molar-refractivity contribution in [1.29, 1.82) is 0 Å². The molecule has 188 valence electrons. The molecule has 1 aliphatic rings. The van der Waals surface area contributed by atoms with Gasteiger partial charge in [0.05, 0.1) is 24.0 Å². The minimum Gasteiger partial charge on any atom is -0.495 e. The summed E-state index contributed by atoms with van der Waals surface area (Å²) in [5, 5.41) is 0. The molecule has 5 rings (SSSR count). The largest absolute Gasteiger partial charge is 0.495 e. The van der Waals surface area contributed by atoms with Gasteiger partial charge in [-0.25, -0.2) is 0 Å². The summed E-state index contributed by atoms with van der Waals surface area (Å²) in [6.07, 6.45) is 13.9. The highest BCUT2D eigenvalue weighted by atomic mass is 32.1. The smallest absolute Gasteiger partial charge is 0.138 e. The Hall–Kier alpha value is -2.12. The van der Waals surface area contributed by atoms with E-state index < -0.39 is 0 Å². The summed E-state index contributed by atoms with van der Waals surface area (Å²) in [7, 11) is 3.55. The van der Waals surface area contributed by atoms with Crippen LogP contribution in [0.2, 0.25) is 0 Å². The Morgan fingerprint density at radius 2 is 1.44 bits per heavy atom. The van der Waals surface area contributed by atoms with Gasteiger partial charge in [0.2, 0.25) is 0 Å². The predicted molar refractivity (Wildman–Crippen MR) is 162 cm³/mol. The second-order valence-electron chi connectivity index (χ2n) is 9.03. The molecule has 0 spiro atoms. The lowest BCUT2D eigenvalue weighted by molar-refractivity contribution is 0.418. The van der Waals surface area contributed by atoms with Gasteiger partial charge in [-0.3, -0.25) is 0 Å². The Kier molecular flexibility index (Phi) is 8.16. The van der Waals surface area contributed by atoms with Crippen molar-refractivity contribution in [1.82, 2.24) is 0 Å². The normalized spacial score (nSPS) is 12.9. The predicted octanol–water partition coefficient (Wildman–Crippen LogP) is 10.7. The van der Waals surface area contributed by atoms with Crippen molar-refractivity contribution < 1.29 is 9.47 Å². The van der Waals surface area contributed by atoms with Crippen LogP contribution >= 0.6 is 45.3 Å². The van der Waals surface area contributed by atoms with Crippen molar-refractivity contribution >= 4 is 50.9 Å². The first kappa shape index (κ1) is 25.5. The second kappa shape index (κ2) is 11.5. The van der Waals surface area contributed by atoms with Crippen LogP contribution in [-0.4, -0.2) is 14.2 Å². The van der Waals surface area contributed by atoms with Gasteiger partial charge in [0.25, 0.3) is 0 Å². The molecule has 1 aliphatic carbocycles. The van der Waals surface area contributed by atoms with E-state index in [9.17, 15) is 0 Å². The van der Waals surface area contributed by atoms with Crippen molar-refractivity contribution in [3.63, 3.8) is 0 Å². The highest BCUT2D eigenvalue weighted by Crippen LogP contribution is 2.51. The lowest BCUT2D eigenvalue weighted by Gasteiger charge is -2.02. The fourth-order valence-corrected chi connectivity index (χ4v) is 9.30. The van der Waals surface area contributed by atoms with Gasteiger partial charge in [0.1, 0.15) is 11.5 Å². The Morgan fingerprint density at radius 1 is 0.750 bits per heavy atom. The summed E-state index contributed by atoms with van der Waals surface area (Å²) in [5.41, 5.74) is 2.85. The van der Waals surface area contributed by atoms with E-state index in [0.717, 1.165) is 24.3 Å². The average Bonchev–Trinajstić information content (AvgIpc) is 3.70.